The molecular weight excluding hydrogens is 1330 g/mol. The van der Waals surface area contributed by atoms with Crippen LogP contribution < -0.4 is 11.1 Å². The van der Waals surface area contributed by atoms with Gasteiger partial charge < -0.3 is 62.4 Å². The van der Waals surface area contributed by atoms with Gasteiger partial charge in [0.1, 0.15) is 11.1 Å². The number of nitrogen functional groups attached to an aromatic ring is 1. The Bertz CT molecular complexity index is 2940. The zero-order chi connectivity index (χ0) is 49.0. The fourth-order valence-corrected chi connectivity index (χ4v) is 6.55. The third-order valence-electron chi connectivity index (χ3n) is 10.2. The molecule has 6 aromatic heterocycles. The average Bonchev–Trinajstić information content (AvgIpc) is 3.67. The van der Waals surface area contributed by atoms with Gasteiger partial charge in [-0.15, -0.1) is 28.3 Å². The van der Waals surface area contributed by atoms with Gasteiger partial charge in [-0.3, -0.25) is 19.6 Å². The van der Waals surface area contributed by atoms with Gasteiger partial charge in [0.25, 0.3) is 0 Å². The minimum atomic E-state index is -0.244. The number of esters is 2. The maximum absolute atomic E-state index is 10.8. The first-order chi connectivity index (χ1) is 32.1. The van der Waals surface area contributed by atoms with Gasteiger partial charge in [0.15, 0.2) is 0 Å². The number of hydrogen-bond donors (Lipinski definition) is 2. The van der Waals surface area contributed by atoms with E-state index in [1.165, 1.54) is 14.2 Å². The molecule has 0 saturated carbocycles. The van der Waals surface area contributed by atoms with Crippen LogP contribution in [0.2, 0.25) is 5.28 Å². The summed E-state index contributed by atoms with van der Waals surface area (Å²) >= 11 is 7.59. The predicted octanol–water partition coefficient (Wildman–Crippen LogP) is 8.94. The Balaban J connectivity index is 0. The number of carbonyl (C=O) groups excluding carboxylic acids is 2. The van der Waals surface area contributed by atoms with E-state index in [2.05, 4.69) is 120 Å². The molecule has 8 rings (SSSR count). The van der Waals surface area contributed by atoms with Gasteiger partial charge in [0.05, 0.1) is 54.1 Å². The van der Waals surface area contributed by atoms with Crippen molar-refractivity contribution in [3.63, 3.8) is 0 Å². The van der Waals surface area contributed by atoms with Crippen molar-refractivity contribution in [1.29, 1.82) is 0 Å². The number of aryl methyl sites for hydroxylation is 10. The van der Waals surface area contributed by atoms with E-state index in [1.807, 2.05) is 91.2 Å². The molecule has 2 aromatic carbocycles. The normalized spacial score (nSPS) is 9.61. The summed E-state index contributed by atoms with van der Waals surface area (Å²) in [4.78, 5) is 59.1. The molecule has 0 atom stereocenters. The van der Waals surface area contributed by atoms with E-state index in [9.17, 15) is 9.59 Å². The first-order valence-corrected chi connectivity index (χ1v) is 23.0. The number of alkyl halides is 1. The molecule has 3 radical (unpaired) electrons. The summed E-state index contributed by atoms with van der Waals surface area (Å²) in [5.41, 5.74) is 17.3. The number of aromatic nitrogens is 10. The molecule has 0 spiro atoms. The van der Waals surface area contributed by atoms with Crippen LogP contribution in [0.25, 0.3) is 32.8 Å². The van der Waals surface area contributed by atoms with Crippen molar-refractivity contribution in [3.05, 3.63) is 143 Å². The van der Waals surface area contributed by atoms with Gasteiger partial charge in [-0.25, -0.2) is 4.98 Å². The Morgan fingerprint density at radius 3 is 1.67 bits per heavy atom. The number of imidazole rings is 1. The van der Waals surface area contributed by atoms with E-state index in [0.29, 0.717) is 25.1 Å². The number of pyridine rings is 2. The molecule has 0 amide bonds. The van der Waals surface area contributed by atoms with Crippen LogP contribution >= 0.6 is 34.2 Å². The van der Waals surface area contributed by atoms with Crippen LogP contribution in [0.3, 0.4) is 0 Å². The number of methoxy groups -OCH3 is 2. The van der Waals surface area contributed by atoms with Crippen LogP contribution in [0.1, 0.15) is 64.1 Å². The maximum Gasteiger partial charge on any atom is 0.306 e. The van der Waals surface area contributed by atoms with Crippen LogP contribution in [0.4, 0.5) is 11.4 Å². The third kappa shape index (κ3) is 22.4. The predicted molar refractivity (Wildman–Crippen MR) is 277 cm³/mol. The number of carbonyl (C=O) groups is 2. The smallest absolute Gasteiger partial charge is 0.306 e. The summed E-state index contributed by atoms with van der Waals surface area (Å²) in [6, 6.07) is 15.9. The monoisotopic (exact) mass is 1380 g/mol. The minimum absolute atomic E-state index is 0. The van der Waals surface area contributed by atoms with E-state index in [0.717, 1.165) is 107 Å². The zero-order valence-electron chi connectivity index (χ0n) is 42.9. The Morgan fingerprint density at radius 2 is 1.18 bits per heavy atom. The number of halogens is 2. The van der Waals surface area contributed by atoms with Crippen molar-refractivity contribution in [2.75, 3.05) is 36.7 Å². The van der Waals surface area contributed by atoms with E-state index >= 15 is 0 Å². The molecule has 0 aliphatic carbocycles. The minimum Gasteiger partial charge on any atom is -0.469 e. The first-order valence-electron chi connectivity index (χ1n) is 21.1. The fraction of sp³-hybridized carbons (Fsp3) is 0.320. The first kappa shape index (κ1) is 71.5. The number of hydrogen-bond acceptors (Lipinski definition) is 15. The quantitative estimate of drug-likeness (QED) is 0.0263. The standard InChI is InChI=1S/C19H18N5.C10H11N3.C10H13N2O2.C6H6ClN2.C4H7IO2.CH3.3Y.Zn/c1-12-11-21-17(22-13(12)2)8-9-18-23-19-14-5-4-10-20-15(14)6-7-16(19)24(18)3;1-12-9-5-4-8-7(10(9)11)3-2-6-13-8;1-7-6-11-9(12-8(7)2)4-5-10(13)14-3;1-4-3-8-6(7)9-5(4)2;1-7-4(6)2-3-5;;;;;/h4-7,10H,8-9H2,1-3H3;2-6,12H,11H2,1H3;4-5H2,1-3H3;1-2H3;2-3H2,1H3;1H3;;;;/q-1;;2*-1;;-1;;;;. The Labute approximate surface area is 530 Å². The largest absolute Gasteiger partial charge is 0.469 e. The summed E-state index contributed by atoms with van der Waals surface area (Å²) in [5.74, 6) is 2.11. The van der Waals surface area contributed by atoms with Gasteiger partial charge in [-0.05, 0) is 61.4 Å². The topological polar surface area (TPSA) is 212 Å². The molecule has 0 bridgehead atoms. The van der Waals surface area contributed by atoms with Crippen molar-refractivity contribution < 1.29 is 137 Å². The van der Waals surface area contributed by atoms with Crippen LogP contribution in [-0.2, 0) is 163 Å². The van der Waals surface area contributed by atoms with Crippen molar-refractivity contribution >= 4 is 90.3 Å². The molecule has 0 unspecified atom stereocenters. The fourth-order valence-electron chi connectivity index (χ4n) is 5.94. The van der Waals surface area contributed by atoms with Gasteiger partial charge in [-0.2, -0.15) is 0 Å². The number of benzene rings is 2. The second-order valence-electron chi connectivity index (χ2n) is 14.8. The summed E-state index contributed by atoms with van der Waals surface area (Å²) in [5, 5.41) is 5.38. The second kappa shape index (κ2) is 37.2. The SMILES string of the molecule is CNc1ccc2ncccc2c1N.COC(=O)CCI.COC(=O)CCc1n[c-]c(C)c(C)n1.Cc1[c-]nc(CCc2nc3c4cccnc4ccc3n2C)nc1C.Cc1[c-]nc(Cl)nc1C.[CH3-].[Y].[Y].[Y].[Zn]. The number of nitrogens with zero attached hydrogens (tertiary/aromatic N) is 10. The number of fused-ring (bicyclic) bond motifs is 4. The van der Waals surface area contributed by atoms with E-state index in [-0.39, 0.29) is 142 Å². The van der Waals surface area contributed by atoms with Crippen molar-refractivity contribution in [2.45, 2.75) is 73.6 Å². The second-order valence-corrected chi connectivity index (χ2v) is 16.2. The molecule has 0 aliphatic rings. The molecule has 0 fully saturated rings. The molecule has 3 N–H and O–H groups in total. The molecule has 0 saturated heterocycles. The molecule has 0 aliphatic heterocycles. The molecule has 6 heterocycles. The molecule has 16 nitrogen and oxygen atoms in total. The van der Waals surface area contributed by atoms with Crippen molar-refractivity contribution in [1.82, 2.24) is 49.4 Å². The summed E-state index contributed by atoms with van der Waals surface area (Å²) in [6.45, 7) is 11.5. The Hall–Kier alpha value is -2.53. The number of rotatable bonds is 9. The Kier molecular flexibility index (Phi) is 37.0. The van der Waals surface area contributed by atoms with E-state index in [1.54, 1.807) is 6.20 Å². The molecule has 371 valence electrons. The summed E-state index contributed by atoms with van der Waals surface area (Å²) in [7, 11) is 6.68. The third-order valence-corrected chi connectivity index (χ3v) is 10.9. The maximum atomic E-state index is 10.8. The number of anilines is 2. The molecule has 8 aromatic rings. The van der Waals surface area contributed by atoms with Crippen LogP contribution in [0.15, 0.2) is 60.9 Å². The van der Waals surface area contributed by atoms with Crippen LogP contribution in [-0.4, -0.2) is 87.1 Å². The zero-order valence-corrected chi connectivity index (χ0v) is 57.3. The summed E-state index contributed by atoms with van der Waals surface area (Å²) < 4.78 is 11.9. The van der Waals surface area contributed by atoms with Crippen molar-refractivity contribution in [3.8, 4) is 0 Å². The molecule has 22 heteroatoms. The number of nitrogens with one attached hydrogen (secondary N) is 1. The van der Waals surface area contributed by atoms with Gasteiger partial charge in [-0.1, -0.05) is 99.8 Å². The van der Waals surface area contributed by atoms with Crippen LogP contribution in [0.5, 0.6) is 0 Å². The van der Waals surface area contributed by atoms with Crippen molar-refractivity contribution in [2.24, 2.45) is 7.05 Å². The number of nitrogens with two attached hydrogens (primary N) is 1. The molecule has 72 heavy (non-hydrogen) atoms. The Morgan fingerprint density at radius 1 is 0.694 bits per heavy atom. The van der Waals surface area contributed by atoms with E-state index < -0.39 is 0 Å². The molecular formula is C50H58ClIN12O4Y3Zn-4. The van der Waals surface area contributed by atoms with Gasteiger partial charge >= 0.3 is 11.9 Å². The van der Waals surface area contributed by atoms with Gasteiger partial charge in [0, 0.05) is 184 Å². The van der Waals surface area contributed by atoms with E-state index in [4.69, 9.17) is 22.3 Å². The number of ether oxygens (including phenoxy) is 2. The van der Waals surface area contributed by atoms with Gasteiger partial charge in [0.2, 0.25) is 0 Å². The van der Waals surface area contributed by atoms with Crippen LogP contribution in [0, 0.1) is 67.6 Å². The average molecular weight is 1390 g/mol. The summed E-state index contributed by atoms with van der Waals surface area (Å²) in [6.07, 6.45) is 15.1.